The molecule has 1 N–H and O–H groups in total. The fourth-order valence-electron chi connectivity index (χ4n) is 1.38. The Morgan fingerprint density at radius 2 is 2.25 bits per heavy atom. The van der Waals surface area contributed by atoms with E-state index < -0.39 is 0 Å². The predicted octanol–water partition coefficient (Wildman–Crippen LogP) is 3.19. The van der Waals surface area contributed by atoms with Gasteiger partial charge in [0, 0.05) is 22.9 Å². The Hall–Kier alpha value is -0.380. The molecule has 0 bridgehead atoms. The van der Waals surface area contributed by atoms with Gasteiger partial charge in [-0.05, 0) is 24.9 Å². The number of thioether (sulfide) groups is 1. The molecule has 0 saturated carbocycles. The van der Waals surface area contributed by atoms with Gasteiger partial charge in [-0.1, -0.05) is 24.6 Å². The molecule has 0 spiro atoms. The van der Waals surface area contributed by atoms with Gasteiger partial charge in [-0.2, -0.15) is 11.8 Å². The average molecular weight is 260 g/mol. The molecule has 0 radical (unpaired) electrons. The molecule has 0 amide bonds. The zero-order valence-corrected chi connectivity index (χ0v) is 11.3. The van der Waals surface area contributed by atoms with Gasteiger partial charge in [0.15, 0.2) is 0 Å². The van der Waals surface area contributed by atoms with E-state index in [1.165, 1.54) is 0 Å². The predicted molar refractivity (Wildman–Crippen MR) is 72.7 cm³/mol. The second-order valence-electron chi connectivity index (χ2n) is 3.29. The number of halogens is 1. The lowest BCUT2D eigenvalue weighted by molar-refractivity contribution is 0.339. The molecule has 0 atom stereocenters. The molecule has 1 aromatic rings. The van der Waals surface area contributed by atoms with Gasteiger partial charge in [-0.15, -0.1) is 0 Å². The van der Waals surface area contributed by atoms with E-state index in [0.29, 0.717) is 0 Å². The summed E-state index contributed by atoms with van der Waals surface area (Å²) < 4.78 is 5.73. The van der Waals surface area contributed by atoms with Crippen LogP contribution < -0.4 is 10.1 Å². The summed E-state index contributed by atoms with van der Waals surface area (Å²) in [5.74, 6) is 3.03. The van der Waals surface area contributed by atoms with E-state index >= 15 is 0 Å². The number of benzene rings is 1. The lowest BCUT2D eigenvalue weighted by Crippen LogP contribution is -2.09. The summed E-state index contributed by atoms with van der Waals surface area (Å²) in [4.78, 5) is 0. The Morgan fingerprint density at radius 1 is 1.44 bits per heavy atom. The fraction of sp³-hybridized carbons (Fsp3) is 0.500. The van der Waals surface area contributed by atoms with Crippen LogP contribution in [0.15, 0.2) is 18.2 Å². The lowest BCUT2D eigenvalue weighted by Gasteiger charge is -2.12. The Morgan fingerprint density at radius 3 is 2.94 bits per heavy atom. The second kappa shape index (κ2) is 7.82. The van der Waals surface area contributed by atoms with Crippen molar-refractivity contribution in [2.75, 3.05) is 25.2 Å². The van der Waals surface area contributed by atoms with Crippen LogP contribution >= 0.6 is 23.4 Å². The second-order valence-corrected chi connectivity index (χ2v) is 5.09. The maximum absolute atomic E-state index is 6.12. The van der Waals surface area contributed by atoms with Gasteiger partial charge in [0.05, 0.1) is 6.61 Å². The first kappa shape index (κ1) is 13.7. The van der Waals surface area contributed by atoms with Crippen LogP contribution in [0.4, 0.5) is 0 Å². The van der Waals surface area contributed by atoms with Gasteiger partial charge in [0.1, 0.15) is 5.75 Å². The van der Waals surface area contributed by atoms with Gasteiger partial charge in [0.25, 0.3) is 0 Å². The van der Waals surface area contributed by atoms with Gasteiger partial charge >= 0.3 is 0 Å². The maximum Gasteiger partial charge on any atom is 0.125 e. The highest BCUT2D eigenvalue weighted by Gasteiger charge is 2.06. The first-order valence-corrected chi connectivity index (χ1v) is 6.95. The molecule has 0 aliphatic heterocycles. The SMILES string of the molecule is CCSCCOc1cccc(Cl)c1CNC. The van der Waals surface area contributed by atoms with Gasteiger partial charge in [-0.25, -0.2) is 0 Å². The van der Waals surface area contributed by atoms with Crippen molar-refractivity contribution in [2.45, 2.75) is 13.5 Å². The lowest BCUT2D eigenvalue weighted by atomic mass is 10.2. The number of nitrogens with one attached hydrogen (secondary N) is 1. The topological polar surface area (TPSA) is 21.3 Å². The zero-order chi connectivity index (χ0) is 11.8. The third-order valence-corrected chi connectivity index (χ3v) is 3.34. The van der Waals surface area contributed by atoms with E-state index in [1.807, 2.05) is 37.0 Å². The van der Waals surface area contributed by atoms with E-state index in [0.717, 1.165) is 41.0 Å². The molecule has 2 nitrogen and oxygen atoms in total. The van der Waals surface area contributed by atoms with Crippen molar-refractivity contribution < 1.29 is 4.74 Å². The van der Waals surface area contributed by atoms with E-state index in [2.05, 4.69) is 12.2 Å². The van der Waals surface area contributed by atoms with Gasteiger partial charge in [-0.3, -0.25) is 0 Å². The van der Waals surface area contributed by atoms with Crippen LogP contribution in [0.25, 0.3) is 0 Å². The van der Waals surface area contributed by atoms with Crippen LogP contribution in [0.1, 0.15) is 12.5 Å². The highest BCUT2D eigenvalue weighted by molar-refractivity contribution is 7.99. The first-order chi connectivity index (χ1) is 7.79. The monoisotopic (exact) mass is 259 g/mol. The number of hydrogen-bond donors (Lipinski definition) is 1. The molecule has 90 valence electrons. The molecule has 0 aromatic heterocycles. The summed E-state index contributed by atoms with van der Waals surface area (Å²) in [5.41, 5.74) is 1.04. The third kappa shape index (κ3) is 4.24. The van der Waals surface area contributed by atoms with E-state index in [-0.39, 0.29) is 0 Å². The molecule has 0 heterocycles. The molecule has 0 fully saturated rings. The minimum Gasteiger partial charge on any atom is -0.492 e. The number of ether oxygens (including phenoxy) is 1. The molecule has 0 saturated heterocycles. The summed E-state index contributed by atoms with van der Waals surface area (Å²) in [6.45, 7) is 3.61. The first-order valence-electron chi connectivity index (χ1n) is 5.42. The number of rotatable bonds is 7. The van der Waals surface area contributed by atoms with Crippen molar-refractivity contribution in [3.63, 3.8) is 0 Å². The quantitative estimate of drug-likeness (QED) is 0.760. The molecule has 1 rings (SSSR count). The van der Waals surface area contributed by atoms with Crippen LogP contribution in [0.2, 0.25) is 5.02 Å². The summed E-state index contributed by atoms with van der Waals surface area (Å²) in [6.07, 6.45) is 0. The largest absolute Gasteiger partial charge is 0.492 e. The summed E-state index contributed by atoms with van der Waals surface area (Å²) in [5, 5.41) is 3.86. The van der Waals surface area contributed by atoms with E-state index in [9.17, 15) is 0 Å². The fourth-order valence-corrected chi connectivity index (χ4v) is 2.10. The molecule has 0 aliphatic carbocycles. The third-order valence-electron chi connectivity index (χ3n) is 2.12. The summed E-state index contributed by atoms with van der Waals surface area (Å²) >= 11 is 8.00. The highest BCUT2D eigenvalue weighted by Crippen LogP contribution is 2.26. The molecule has 4 heteroatoms. The number of hydrogen-bond acceptors (Lipinski definition) is 3. The van der Waals surface area contributed by atoms with Crippen molar-refractivity contribution >= 4 is 23.4 Å². The standard InChI is InChI=1S/C12H18ClNOS/c1-3-16-8-7-15-12-6-4-5-11(13)10(12)9-14-2/h4-6,14H,3,7-9H2,1-2H3. The van der Waals surface area contributed by atoms with E-state index in [4.69, 9.17) is 16.3 Å². The molecule has 0 aliphatic rings. The van der Waals surface area contributed by atoms with Crippen molar-refractivity contribution in [2.24, 2.45) is 0 Å². The Balaban J connectivity index is 2.59. The summed E-state index contributed by atoms with van der Waals surface area (Å²) in [7, 11) is 1.90. The minimum absolute atomic E-state index is 0.732. The van der Waals surface area contributed by atoms with E-state index in [1.54, 1.807) is 0 Å². The Bertz CT molecular complexity index is 320. The Labute approximate surface area is 107 Å². The minimum atomic E-state index is 0.732. The Kier molecular flexibility index (Phi) is 6.69. The van der Waals surface area contributed by atoms with Gasteiger partial charge < -0.3 is 10.1 Å². The van der Waals surface area contributed by atoms with Crippen molar-refractivity contribution in [3.8, 4) is 5.75 Å². The zero-order valence-electron chi connectivity index (χ0n) is 9.75. The normalized spacial score (nSPS) is 10.4. The molecular formula is C12H18ClNOS. The van der Waals surface area contributed by atoms with Crippen LogP contribution in [-0.4, -0.2) is 25.2 Å². The van der Waals surface area contributed by atoms with Crippen LogP contribution in [0.3, 0.4) is 0 Å². The average Bonchev–Trinajstić information content (AvgIpc) is 2.29. The van der Waals surface area contributed by atoms with Crippen molar-refractivity contribution in [3.05, 3.63) is 28.8 Å². The van der Waals surface area contributed by atoms with Crippen LogP contribution in [0.5, 0.6) is 5.75 Å². The van der Waals surface area contributed by atoms with Crippen molar-refractivity contribution in [1.82, 2.24) is 5.32 Å². The molecular weight excluding hydrogens is 242 g/mol. The molecule has 1 aromatic carbocycles. The molecule has 16 heavy (non-hydrogen) atoms. The highest BCUT2D eigenvalue weighted by atomic mass is 35.5. The summed E-state index contributed by atoms with van der Waals surface area (Å²) in [6, 6.07) is 5.78. The van der Waals surface area contributed by atoms with Gasteiger partial charge in [0.2, 0.25) is 0 Å². The van der Waals surface area contributed by atoms with Crippen molar-refractivity contribution in [1.29, 1.82) is 0 Å². The maximum atomic E-state index is 6.12. The smallest absolute Gasteiger partial charge is 0.125 e. The molecule has 0 unspecified atom stereocenters. The van der Waals surface area contributed by atoms with Crippen LogP contribution in [-0.2, 0) is 6.54 Å². The van der Waals surface area contributed by atoms with Crippen LogP contribution in [0, 0.1) is 0 Å².